The van der Waals surface area contributed by atoms with E-state index in [2.05, 4.69) is 9.88 Å². The molecule has 2 atom stereocenters. The van der Waals surface area contributed by atoms with E-state index < -0.39 is 11.7 Å². The minimum absolute atomic E-state index is 0.0481. The van der Waals surface area contributed by atoms with Crippen LogP contribution in [0.1, 0.15) is 5.56 Å². The van der Waals surface area contributed by atoms with E-state index in [4.69, 9.17) is 4.74 Å². The summed E-state index contributed by atoms with van der Waals surface area (Å²) in [6.07, 6.45) is -3.07. The Labute approximate surface area is 140 Å². The van der Waals surface area contributed by atoms with E-state index in [9.17, 15) is 18.3 Å². The summed E-state index contributed by atoms with van der Waals surface area (Å²) >= 11 is 0. The van der Waals surface area contributed by atoms with Gasteiger partial charge in [0.25, 0.3) is 0 Å². The topological polar surface area (TPSA) is 48.8 Å². The van der Waals surface area contributed by atoms with Crippen LogP contribution in [-0.4, -0.2) is 68.5 Å². The van der Waals surface area contributed by atoms with Crippen LogP contribution in [0.15, 0.2) is 18.3 Å². The molecule has 136 valence electrons. The van der Waals surface area contributed by atoms with Gasteiger partial charge in [-0.3, -0.25) is 0 Å². The predicted molar refractivity (Wildman–Crippen MR) is 84.9 cm³/mol. The Bertz CT molecular complexity index is 528. The van der Waals surface area contributed by atoms with Crippen LogP contribution in [0.3, 0.4) is 0 Å². The van der Waals surface area contributed by atoms with Crippen LogP contribution in [0.2, 0.25) is 0 Å². The molecule has 0 saturated carbocycles. The zero-order valence-corrected chi connectivity index (χ0v) is 14.0. The van der Waals surface area contributed by atoms with E-state index in [0.717, 1.165) is 12.6 Å². The van der Waals surface area contributed by atoms with E-state index >= 15 is 0 Å². The molecule has 1 aliphatic rings. The van der Waals surface area contributed by atoms with Crippen molar-refractivity contribution < 1.29 is 23.0 Å². The number of aromatic nitrogens is 1. The molecule has 24 heavy (non-hydrogen) atoms. The summed E-state index contributed by atoms with van der Waals surface area (Å²) in [5, 5.41) is 9.61. The lowest BCUT2D eigenvalue weighted by Crippen LogP contribution is -2.33. The highest BCUT2D eigenvalue weighted by Crippen LogP contribution is 2.37. The molecule has 1 fully saturated rings. The molecular formula is C16H24F3N3O2. The quantitative estimate of drug-likeness (QED) is 0.814. The lowest BCUT2D eigenvalue weighted by atomic mass is 9.96. The first kappa shape index (κ1) is 19.0. The van der Waals surface area contributed by atoms with Gasteiger partial charge in [-0.2, -0.15) is 13.2 Å². The zero-order valence-electron chi connectivity index (χ0n) is 14.0. The zero-order chi connectivity index (χ0) is 17.7. The summed E-state index contributed by atoms with van der Waals surface area (Å²) in [6, 6.07) is 2.34. The van der Waals surface area contributed by atoms with Crippen LogP contribution in [0, 0.1) is 11.8 Å². The smallest absolute Gasteiger partial charge is 0.396 e. The van der Waals surface area contributed by atoms with Crippen LogP contribution >= 0.6 is 0 Å². The Morgan fingerprint density at radius 1 is 1.38 bits per heavy atom. The van der Waals surface area contributed by atoms with Gasteiger partial charge in [0.05, 0.1) is 12.2 Å². The first-order valence-corrected chi connectivity index (χ1v) is 7.92. The molecule has 1 aromatic rings. The molecule has 5 nitrogen and oxygen atoms in total. The van der Waals surface area contributed by atoms with Gasteiger partial charge in [-0.1, -0.05) is 0 Å². The van der Waals surface area contributed by atoms with Gasteiger partial charge < -0.3 is 19.6 Å². The van der Waals surface area contributed by atoms with E-state index in [1.165, 1.54) is 12.3 Å². The van der Waals surface area contributed by atoms with Crippen molar-refractivity contribution in [1.82, 2.24) is 9.88 Å². The van der Waals surface area contributed by atoms with E-state index in [1.807, 2.05) is 7.05 Å². The van der Waals surface area contributed by atoms with Crippen molar-refractivity contribution in [3.63, 3.8) is 0 Å². The fraction of sp³-hybridized carbons (Fsp3) is 0.688. The lowest BCUT2D eigenvalue weighted by molar-refractivity contribution is -0.137. The molecule has 0 radical (unpaired) electrons. The number of anilines is 1. The number of pyridine rings is 1. The molecular weight excluding hydrogens is 323 g/mol. The highest BCUT2D eigenvalue weighted by molar-refractivity contribution is 5.49. The minimum atomic E-state index is -4.44. The van der Waals surface area contributed by atoms with Crippen molar-refractivity contribution in [3.05, 3.63) is 23.9 Å². The molecule has 0 unspecified atom stereocenters. The molecule has 0 aromatic carbocycles. The van der Waals surface area contributed by atoms with Crippen LogP contribution in [0.25, 0.3) is 0 Å². The summed E-state index contributed by atoms with van der Waals surface area (Å²) in [6.45, 7) is 2.80. The average Bonchev–Trinajstić information content (AvgIpc) is 2.95. The Kier molecular flexibility index (Phi) is 6.42. The van der Waals surface area contributed by atoms with Gasteiger partial charge in [-0.25, -0.2) is 4.98 Å². The predicted octanol–water partition coefficient (Wildman–Crippen LogP) is 1.72. The van der Waals surface area contributed by atoms with Gasteiger partial charge in [-0.15, -0.1) is 0 Å². The molecule has 0 aliphatic carbocycles. The second-order valence-electron chi connectivity index (χ2n) is 6.24. The van der Waals surface area contributed by atoms with Crippen LogP contribution in [0.5, 0.6) is 0 Å². The van der Waals surface area contributed by atoms with Gasteiger partial charge in [0.15, 0.2) is 0 Å². The molecule has 0 amide bonds. The van der Waals surface area contributed by atoms with Crippen molar-refractivity contribution >= 4 is 5.82 Å². The number of alkyl halides is 3. The maximum Gasteiger partial charge on any atom is 0.419 e. The van der Waals surface area contributed by atoms with Gasteiger partial charge in [0, 0.05) is 52.0 Å². The summed E-state index contributed by atoms with van der Waals surface area (Å²) in [7, 11) is 3.57. The highest BCUT2D eigenvalue weighted by Gasteiger charge is 2.39. The molecule has 1 N–H and O–H groups in total. The first-order valence-electron chi connectivity index (χ1n) is 7.92. The number of aliphatic hydroxyl groups is 1. The molecule has 1 aromatic heterocycles. The average molecular weight is 347 g/mol. The standard InChI is InChI=1S/C16H24F3N3O2/c1-21(6-7-24-2)8-12-9-22(10-13(12)11-23)15-14(16(17,18)19)4-3-5-20-15/h3-5,12-13,23H,6-11H2,1-2H3/t12-,13-/m1/s1. The SMILES string of the molecule is COCCN(C)C[C@@H]1CN(c2ncccc2C(F)(F)F)C[C@@H]1CO. The summed E-state index contributed by atoms with van der Waals surface area (Å²) in [5.74, 6) is -0.0384. The second kappa shape index (κ2) is 8.13. The Hall–Kier alpha value is -1.38. The third-order valence-corrected chi connectivity index (χ3v) is 4.43. The van der Waals surface area contributed by atoms with Gasteiger partial charge >= 0.3 is 6.18 Å². The van der Waals surface area contributed by atoms with Crippen molar-refractivity contribution in [2.75, 3.05) is 58.5 Å². The molecule has 2 rings (SSSR count). The number of rotatable bonds is 7. The number of hydrogen-bond acceptors (Lipinski definition) is 5. The summed E-state index contributed by atoms with van der Waals surface area (Å²) < 4.78 is 44.6. The Balaban J connectivity index is 2.12. The summed E-state index contributed by atoms with van der Waals surface area (Å²) in [4.78, 5) is 7.66. The van der Waals surface area contributed by atoms with Crippen molar-refractivity contribution in [2.45, 2.75) is 6.18 Å². The number of ether oxygens (including phenoxy) is 1. The van der Waals surface area contributed by atoms with Crippen molar-refractivity contribution in [2.24, 2.45) is 11.8 Å². The fourth-order valence-corrected chi connectivity index (χ4v) is 3.13. The molecule has 8 heteroatoms. The molecule has 1 aliphatic heterocycles. The third kappa shape index (κ3) is 4.58. The van der Waals surface area contributed by atoms with Crippen molar-refractivity contribution in [3.8, 4) is 0 Å². The van der Waals surface area contributed by atoms with Crippen LogP contribution in [0.4, 0.5) is 19.0 Å². The van der Waals surface area contributed by atoms with Gasteiger partial charge in [0.2, 0.25) is 0 Å². The number of halogens is 3. The molecule has 1 saturated heterocycles. The largest absolute Gasteiger partial charge is 0.419 e. The molecule has 2 heterocycles. The number of likely N-dealkylation sites (N-methyl/N-ethyl adjacent to an activating group) is 1. The van der Waals surface area contributed by atoms with Gasteiger partial charge in [-0.05, 0) is 25.1 Å². The third-order valence-electron chi connectivity index (χ3n) is 4.43. The Morgan fingerprint density at radius 2 is 2.08 bits per heavy atom. The fourth-order valence-electron chi connectivity index (χ4n) is 3.13. The maximum absolute atomic E-state index is 13.2. The lowest BCUT2D eigenvalue weighted by Gasteiger charge is -2.24. The minimum Gasteiger partial charge on any atom is -0.396 e. The van der Waals surface area contributed by atoms with E-state index in [1.54, 1.807) is 12.0 Å². The maximum atomic E-state index is 13.2. The Morgan fingerprint density at radius 3 is 2.71 bits per heavy atom. The first-order chi connectivity index (χ1) is 11.4. The number of aliphatic hydroxyl groups excluding tert-OH is 1. The summed E-state index contributed by atoms with van der Waals surface area (Å²) in [5.41, 5.74) is -0.727. The van der Waals surface area contributed by atoms with Crippen LogP contribution in [-0.2, 0) is 10.9 Å². The van der Waals surface area contributed by atoms with E-state index in [0.29, 0.717) is 26.2 Å². The molecule has 0 spiro atoms. The number of hydrogen-bond donors (Lipinski definition) is 1. The monoisotopic (exact) mass is 347 g/mol. The molecule has 0 bridgehead atoms. The second-order valence-corrected chi connectivity index (χ2v) is 6.24. The number of methoxy groups -OCH3 is 1. The number of nitrogens with zero attached hydrogens (tertiary/aromatic N) is 3. The highest BCUT2D eigenvalue weighted by atomic mass is 19.4. The van der Waals surface area contributed by atoms with Gasteiger partial charge in [0.1, 0.15) is 5.82 Å². The van der Waals surface area contributed by atoms with E-state index in [-0.39, 0.29) is 24.3 Å². The normalized spacial score (nSPS) is 21.7. The van der Waals surface area contributed by atoms with Crippen LogP contribution < -0.4 is 4.90 Å². The van der Waals surface area contributed by atoms with Crippen molar-refractivity contribution in [1.29, 1.82) is 0 Å².